The zero-order valence-electron chi connectivity index (χ0n) is 9.66. The highest BCUT2D eigenvalue weighted by atomic mass is 79.9. The van der Waals surface area contributed by atoms with Crippen LogP contribution in [0.25, 0.3) is 0 Å². The molecule has 4 heteroatoms. The van der Waals surface area contributed by atoms with Gasteiger partial charge < -0.3 is 10.4 Å². The molecule has 0 saturated carbocycles. The van der Waals surface area contributed by atoms with E-state index in [2.05, 4.69) is 46.4 Å². The fraction of sp³-hybridized carbons (Fsp3) is 0.500. The highest BCUT2D eigenvalue weighted by Gasteiger charge is 2.03. The maximum absolute atomic E-state index is 9.17. The van der Waals surface area contributed by atoms with E-state index in [4.69, 9.17) is 0 Å². The molecule has 0 aliphatic heterocycles. The Morgan fingerprint density at radius 2 is 2.25 bits per heavy atom. The van der Waals surface area contributed by atoms with E-state index in [-0.39, 0.29) is 6.10 Å². The summed E-state index contributed by atoms with van der Waals surface area (Å²) in [6.07, 6.45) is -0.294. The molecule has 1 atom stereocenters. The van der Waals surface area contributed by atoms with Gasteiger partial charge in [-0.25, -0.2) is 0 Å². The Bertz CT molecular complexity index is 331. The average molecular weight is 304 g/mol. The van der Waals surface area contributed by atoms with Crippen molar-refractivity contribution in [3.05, 3.63) is 28.2 Å². The summed E-state index contributed by atoms with van der Waals surface area (Å²) in [6.45, 7) is 5.38. The molecule has 0 spiro atoms. The van der Waals surface area contributed by atoms with Gasteiger partial charge in [0.05, 0.1) is 6.10 Å². The first kappa shape index (κ1) is 14.0. The number of rotatable bonds is 6. The van der Waals surface area contributed by atoms with Gasteiger partial charge in [0.15, 0.2) is 0 Å². The number of aliphatic hydroxyl groups excluding tert-OH is 1. The van der Waals surface area contributed by atoms with E-state index in [0.29, 0.717) is 6.54 Å². The van der Waals surface area contributed by atoms with Gasteiger partial charge in [0, 0.05) is 22.5 Å². The summed E-state index contributed by atoms with van der Waals surface area (Å²) < 4.78 is 1.11. The van der Waals surface area contributed by atoms with Gasteiger partial charge in [-0.3, -0.25) is 0 Å². The molecule has 0 aliphatic carbocycles. The van der Waals surface area contributed by atoms with Crippen LogP contribution in [-0.2, 0) is 6.54 Å². The minimum Gasteiger partial charge on any atom is -0.392 e. The molecule has 0 aromatic heterocycles. The van der Waals surface area contributed by atoms with Gasteiger partial charge in [-0.15, -0.1) is 11.8 Å². The van der Waals surface area contributed by atoms with Gasteiger partial charge in [0.1, 0.15) is 0 Å². The Hall–Kier alpha value is -0.0300. The lowest BCUT2D eigenvalue weighted by Gasteiger charge is -2.11. The third-order valence-electron chi connectivity index (χ3n) is 2.08. The van der Waals surface area contributed by atoms with E-state index in [1.54, 1.807) is 6.92 Å². The van der Waals surface area contributed by atoms with E-state index >= 15 is 0 Å². The predicted molar refractivity (Wildman–Crippen MR) is 73.9 cm³/mol. The molecule has 0 radical (unpaired) electrons. The maximum atomic E-state index is 9.17. The van der Waals surface area contributed by atoms with Crippen LogP contribution in [-0.4, -0.2) is 23.5 Å². The molecule has 0 aliphatic rings. The molecule has 16 heavy (non-hydrogen) atoms. The molecule has 1 unspecified atom stereocenters. The van der Waals surface area contributed by atoms with Gasteiger partial charge in [0.2, 0.25) is 0 Å². The molecular formula is C12H18BrNOS. The first-order chi connectivity index (χ1) is 7.63. The van der Waals surface area contributed by atoms with Crippen LogP contribution in [0, 0.1) is 0 Å². The Kier molecular flexibility index (Phi) is 6.43. The van der Waals surface area contributed by atoms with E-state index in [1.807, 2.05) is 11.8 Å². The van der Waals surface area contributed by atoms with Crippen molar-refractivity contribution in [3.8, 4) is 0 Å². The van der Waals surface area contributed by atoms with Crippen LogP contribution in [0.15, 0.2) is 27.6 Å². The second kappa shape index (κ2) is 7.33. The summed E-state index contributed by atoms with van der Waals surface area (Å²) in [5, 5.41) is 12.4. The molecule has 0 bridgehead atoms. The van der Waals surface area contributed by atoms with Gasteiger partial charge in [-0.2, -0.15) is 0 Å². The minimum atomic E-state index is -0.294. The van der Waals surface area contributed by atoms with Crippen molar-refractivity contribution in [1.82, 2.24) is 5.32 Å². The van der Waals surface area contributed by atoms with Gasteiger partial charge in [-0.05, 0) is 30.4 Å². The molecule has 1 aromatic rings. The molecular weight excluding hydrogens is 286 g/mol. The molecule has 0 amide bonds. The summed E-state index contributed by atoms with van der Waals surface area (Å²) in [4.78, 5) is 1.30. The molecule has 0 fully saturated rings. The standard InChI is InChI=1S/C12H18BrNOS/c1-3-16-12-6-11(13)5-4-10(12)8-14-7-9(2)15/h4-6,9,14-15H,3,7-8H2,1-2H3. The van der Waals surface area contributed by atoms with Crippen molar-refractivity contribution >= 4 is 27.7 Å². The van der Waals surface area contributed by atoms with E-state index in [9.17, 15) is 5.11 Å². The second-order valence-electron chi connectivity index (χ2n) is 3.66. The minimum absolute atomic E-state index is 0.294. The predicted octanol–water partition coefficient (Wildman–Crippen LogP) is 3.03. The lowest BCUT2D eigenvalue weighted by Crippen LogP contribution is -2.24. The number of hydrogen-bond acceptors (Lipinski definition) is 3. The SMILES string of the molecule is CCSc1cc(Br)ccc1CNCC(C)O. The van der Waals surface area contributed by atoms with Gasteiger partial charge in [0.25, 0.3) is 0 Å². The van der Waals surface area contributed by atoms with Crippen LogP contribution in [0.3, 0.4) is 0 Å². The van der Waals surface area contributed by atoms with Crippen molar-refractivity contribution in [3.63, 3.8) is 0 Å². The molecule has 0 saturated heterocycles. The normalized spacial score (nSPS) is 12.8. The Morgan fingerprint density at radius 3 is 2.88 bits per heavy atom. The Balaban J connectivity index is 2.63. The van der Waals surface area contributed by atoms with Crippen molar-refractivity contribution < 1.29 is 5.11 Å². The summed E-state index contributed by atoms with van der Waals surface area (Å²) in [7, 11) is 0. The lowest BCUT2D eigenvalue weighted by molar-refractivity contribution is 0.191. The van der Waals surface area contributed by atoms with Crippen LogP contribution in [0.4, 0.5) is 0 Å². The third-order valence-corrected chi connectivity index (χ3v) is 3.56. The Labute approximate surface area is 110 Å². The summed E-state index contributed by atoms with van der Waals surface area (Å²) in [5.74, 6) is 1.07. The summed E-state index contributed by atoms with van der Waals surface area (Å²) in [5.41, 5.74) is 1.29. The topological polar surface area (TPSA) is 32.3 Å². The number of hydrogen-bond donors (Lipinski definition) is 2. The first-order valence-electron chi connectivity index (χ1n) is 5.43. The lowest BCUT2D eigenvalue weighted by atomic mass is 10.2. The van der Waals surface area contributed by atoms with Crippen LogP contribution in [0.1, 0.15) is 19.4 Å². The Morgan fingerprint density at radius 1 is 1.50 bits per heavy atom. The number of aliphatic hydroxyl groups is 1. The quantitative estimate of drug-likeness (QED) is 0.792. The number of thioether (sulfide) groups is 1. The number of benzene rings is 1. The highest BCUT2D eigenvalue weighted by Crippen LogP contribution is 2.26. The molecule has 0 heterocycles. The fourth-order valence-corrected chi connectivity index (χ4v) is 2.74. The largest absolute Gasteiger partial charge is 0.392 e. The van der Waals surface area contributed by atoms with Crippen LogP contribution < -0.4 is 5.32 Å². The summed E-state index contributed by atoms with van der Waals surface area (Å²) >= 11 is 5.33. The fourth-order valence-electron chi connectivity index (χ4n) is 1.38. The maximum Gasteiger partial charge on any atom is 0.0636 e. The monoisotopic (exact) mass is 303 g/mol. The number of halogens is 1. The van der Waals surface area contributed by atoms with Crippen LogP contribution in [0.2, 0.25) is 0 Å². The van der Waals surface area contributed by atoms with Crippen molar-refractivity contribution in [2.75, 3.05) is 12.3 Å². The average Bonchev–Trinajstić information content (AvgIpc) is 2.21. The van der Waals surface area contributed by atoms with Crippen LogP contribution >= 0.6 is 27.7 Å². The van der Waals surface area contributed by atoms with Crippen molar-refractivity contribution in [2.24, 2.45) is 0 Å². The van der Waals surface area contributed by atoms with E-state index in [0.717, 1.165) is 16.8 Å². The van der Waals surface area contributed by atoms with Gasteiger partial charge in [-0.1, -0.05) is 28.9 Å². The molecule has 1 aromatic carbocycles. The van der Waals surface area contributed by atoms with Crippen molar-refractivity contribution in [2.45, 2.75) is 31.4 Å². The van der Waals surface area contributed by atoms with Gasteiger partial charge >= 0.3 is 0 Å². The van der Waals surface area contributed by atoms with E-state index < -0.39 is 0 Å². The highest BCUT2D eigenvalue weighted by molar-refractivity contribution is 9.10. The number of nitrogens with one attached hydrogen (secondary N) is 1. The molecule has 1 rings (SSSR count). The molecule has 2 N–H and O–H groups in total. The smallest absolute Gasteiger partial charge is 0.0636 e. The molecule has 90 valence electrons. The third kappa shape index (κ3) is 4.87. The molecule has 2 nitrogen and oxygen atoms in total. The first-order valence-corrected chi connectivity index (χ1v) is 7.21. The van der Waals surface area contributed by atoms with E-state index in [1.165, 1.54) is 10.5 Å². The zero-order chi connectivity index (χ0) is 12.0. The zero-order valence-corrected chi connectivity index (χ0v) is 12.1. The van der Waals surface area contributed by atoms with Crippen molar-refractivity contribution in [1.29, 1.82) is 0 Å². The second-order valence-corrected chi connectivity index (χ2v) is 5.89. The summed E-state index contributed by atoms with van der Waals surface area (Å²) in [6, 6.07) is 6.32. The van der Waals surface area contributed by atoms with Crippen LogP contribution in [0.5, 0.6) is 0 Å².